The summed E-state index contributed by atoms with van der Waals surface area (Å²) in [5.74, 6) is -2.68. The number of nitriles is 1. The van der Waals surface area contributed by atoms with E-state index in [0.29, 0.717) is 5.56 Å². The summed E-state index contributed by atoms with van der Waals surface area (Å²) in [6.45, 7) is 9.98. The highest BCUT2D eigenvalue weighted by Crippen LogP contribution is 2.38. The second kappa shape index (κ2) is 11.0. The first-order chi connectivity index (χ1) is 19.4. The van der Waals surface area contributed by atoms with Gasteiger partial charge in [0, 0.05) is 10.4 Å². The number of aromatic nitrogens is 2. The summed E-state index contributed by atoms with van der Waals surface area (Å²) in [5.41, 5.74) is -1.45. The molecule has 0 saturated carbocycles. The number of nitrogens with zero attached hydrogens (tertiary/aromatic N) is 4. The Bertz CT molecular complexity index is 1720. The highest BCUT2D eigenvalue weighted by atomic mass is 35.5. The molecule has 1 aliphatic heterocycles. The lowest BCUT2D eigenvalue weighted by Crippen LogP contribution is -2.51. The number of carbonyl (C=O) groups is 2. The highest BCUT2D eigenvalue weighted by molar-refractivity contribution is 7.91. The largest absolute Gasteiger partial charge is 0.444 e. The number of anilines is 1. The third-order valence-corrected chi connectivity index (χ3v) is 8.14. The van der Waals surface area contributed by atoms with E-state index >= 15 is 4.39 Å². The first-order valence-electron chi connectivity index (χ1n) is 12.8. The van der Waals surface area contributed by atoms with Crippen LogP contribution in [0.25, 0.3) is 11.5 Å². The van der Waals surface area contributed by atoms with Gasteiger partial charge >= 0.3 is 6.09 Å². The summed E-state index contributed by atoms with van der Waals surface area (Å²) >= 11 is 6.05. The summed E-state index contributed by atoms with van der Waals surface area (Å²) in [5, 5.41) is 20.2. The maximum Gasteiger partial charge on any atom is 0.408 e. The molecule has 42 heavy (non-hydrogen) atoms. The van der Waals surface area contributed by atoms with Crippen LogP contribution in [0, 0.1) is 17.1 Å². The summed E-state index contributed by atoms with van der Waals surface area (Å²) < 4.78 is 53.6. The van der Waals surface area contributed by atoms with Gasteiger partial charge in [0.2, 0.25) is 5.89 Å². The van der Waals surface area contributed by atoms with Gasteiger partial charge < -0.3 is 19.4 Å². The Morgan fingerprint density at radius 3 is 2.50 bits per heavy atom. The van der Waals surface area contributed by atoms with Crippen molar-refractivity contribution < 1.29 is 31.6 Å². The molecule has 0 saturated heterocycles. The van der Waals surface area contributed by atoms with Crippen molar-refractivity contribution in [3.05, 3.63) is 58.2 Å². The van der Waals surface area contributed by atoms with Gasteiger partial charge in [-0.15, -0.1) is 10.2 Å². The van der Waals surface area contributed by atoms with Gasteiger partial charge in [0.05, 0.1) is 40.1 Å². The van der Waals surface area contributed by atoms with Crippen LogP contribution in [0.4, 0.5) is 14.9 Å². The predicted molar refractivity (Wildman–Crippen MR) is 151 cm³/mol. The van der Waals surface area contributed by atoms with Gasteiger partial charge in [0.25, 0.3) is 11.8 Å². The number of rotatable bonds is 4. The molecule has 1 aromatic heterocycles. The Hall–Kier alpha value is -4.02. The molecular weight excluding hydrogens is 589 g/mol. The SMILES string of the molecule is CC(C)(C)OC(=O)N[C@H]1CS(=O)(=O)c2cc(F)c(-c3nnc(C(C)(C)C)o3)cc2N(Cc2ccc(Cl)cc2C#N)C1=O. The van der Waals surface area contributed by atoms with Gasteiger partial charge in [-0.2, -0.15) is 5.26 Å². The normalized spacial score (nSPS) is 16.8. The predicted octanol–water partition coefficient (Wildman–Crippen LogP) is 4.91. The fourth-order valence-corrected chi connectivity index (χ4v) is 5.95. The molecule has 0 radical (unpaired) electrons. The van der Waals surface area contributed by atoms with Gasteiger partial charge in [-0.25, -0.2) is 17.6 Å². The third-order valence-electron chi connectivity index (χ3n) is 6.13. The van der Waals surface area contributed by atoms with Crippen LogP contribution in [-0.4, -0.2) is 48.0 Å². The van der Waals surface area contributed by atoms with Crippen LogP contribution in [0.5, 0.6) is 0 Å². The van der Waals surface area contributed by atoms with Gasteiger partial charge in [-0.1, -0.05) is 38.4 Å². The maximum absolute atomic E-state index is 15.5. The van der Waals surface area contributed by atoms with Crippen molar-refractivity contribution >= 4 is 39.1 Å². The molecule has 2 aromatic carbocycles. The van der Waals surface area contributed by atoms with Crippen molar-refractivity contribution in [3.8, 4) is 17.5 Å². The average Bonchev–Trinajstić information content (AvgIpc) is 3.34. The van der Waals surface area contributed by atoms with Crippen LogP contribution in [0.1, 0.15) is 58.6 Å². The number of benzene rings is 2. The topological polar surface area (TPSA) is 155 Å². The molecule has 11 nitrogen and oxygen atoms in total. The monoisotopic (exact) mass is 617 g/mol. The zero-order valence-corrected chi connectivity index (χ0v) is 25.4. The third kappa shape index (κ3) is 6.55. The van der Waals surface area contributed by atoms with E-state index in [1.165, 1.54) is 18.2 Å². The van der Waals surface area contributed by atoms with E-state index in [1.807, 2.05) is 26.8 Å². The standard InChI is InChI=1S/C28H29ClFN5O6S/c1-27(2,3)25-34-33-23(40-25)18-10-21-22(11-19(18)30)42(38,39)14-20(32-26(37)41-28(4,5)6)24(36)35(21)13-15-7-8-17(29)9-16(15)12-31/h7-11,20H,13-14H2,1-6H3,(H,32,37)/t20-/m0/s1. The Balaban J connectivity index is 1.90. The smallest absolute Gasteiger partial charge is 0.408 e. The minimum atomic E-state index is -4.36. The quantitative estimate of drug-likeness (QED) is 0.429. The average molecular weight is 618 g/mol. The van der Waals surface area contributed by atoms with Crippen molar-refractivity contribution in [2.75, 3.05) is 10.7 Å². The number of amides is 2. The molecule has 1 aliphatic rings. The van der Waals surface area contributed by atoms with Crippen molar-refractivity contribution in [2.45, 2.75) is 70.0 Å². The molecule has 0 unspecified atom stereocenters. The zero-order chi connectivity index (χ0) is 31.2. The van der Waals surface area contributed by atoms with E-state index < -0.39 is 55.4 Å². The van der Waals surface area contributed by atoms with E-state index in [0.717, 1.165) is 17.0 Å². The van der Waals surface area contributed by atoms with Crippen molar-refractivity contribution in [3.63, 3.8) is 0 Å². The van der Waals surface area contributed by atoms with Crippen molar-refractivity contribution in [1.29, 1.82) is 5.26 Å². The van der Waals surface area contributed by atoms with E-state index in [-0.39, 0.29) is 40.2 Å². The molecule has 1 atom stereocenters. The Kier molecular flexibility index (Phi) is 8.10. The summed E-state index contributed by atoms with van der Waals surface area (Å²) in [6.07, 6.45) is -1.02. The van der Waals surface area contributed by atoms with Crippen LogP contribution >= 0.6 is 11.6 Å². The molecule has 2 heterocycles. The lowest BCUT2D eigenvalue weighted by Gasteiger charge is -2.27. The number of ether oxygens (including phenoxy) is 1. The van der Waals surface area contributed by atoms with Crippen LogP contribution in [0.2, 0.25) is 5.02 Å². The van der Waals surface area contributed by atoms with Crippen LogP contribution in [0.15, 0.2) is 39.6 Å². The summed E-state index contributed by atoms with van der Waals surface area (Å²) in [7, 11) is -4.36. The molecule has 222 valence electrons. The minimum Gasteiger partial charge on any atom is -0.444 e. The van der Waals surface area contributed by atoms with E-state index in [1.54, 1.807) is 20.8 Å². The number of sulfone groups is 1. The molecule has 4 rings (SSSR count). The van der Waals surface area contributed by atoms with Crippen LogP contribution in [0.3, 0.4) is 0 Å². The van der Waals surface area contributed by atoms with Gasteiger partial charge in [0.1, 0.15) is 17.5 Å². The molecule has 14 heteroatoms. The molecule has 0 aliphatic carbocycles. The number of carbonyl (C=O) groups excluding carboxylic acids is 2. The van der Waals surface area contributed by atoms with E-state index in [9.17, 15) is 23.3 Å². The fraction of sp³-hybridized carbons (Fsp3) is 0.393. The maximum atomic E-state index is 15.5. The van der Waals surface area contributed by atoms with Crippen LogP contribution in [-0.2, 0) is 31.3 Å². The Morgan fingerprint density at radius 1 is 1.21 bits per heavy atom. The number of halogens is 2. The number of hydrogen-bond acceptors (Lipinski definition) is 9. The Labute approximate surface area is 247 Å². The van der Waals surface area contributed by atoms with E-state index in [4.69, 9.17) is 20.8 Å². The minimum absolute atomic E-state index is 0.134. The second-order valence-electron chi connectivity index (χ2n) is 11.8. The number of nitrogens with one attached hydrogen (secondary N) is 1. The number of fused-ring (bicyclic) bond motifs is 1. The first-order valence-corrected chi connectivity index (χ1v) is 14.8. The first kappa shape index (κ1) is 30.9. The van der Waals surface area contributed by atoms with Gasteiger partial charge in [0.15, 0.2) is 9.84 Å². The molecule has 0 fully saturated rings. The zero-order valence-electron chi connectivity index (χ0n) is 23.8. The number of hydrogen-bond donors (Lipinski definition) is 1. The lowest BCUT2D eigenvalue weighted by molar-refractivity contribution is -0.120. The fourth-order valence-electron chi connectivity index (χ4n) is 4.17. The molecular formula is C28H29ClFN5O6S. The second-order valence-corrected chi connectivity index (χ2v) is 14.2. The van der Waals surface area contributed by atoms with Crippen molar-refractivity contribution in [2.24, 2.45) is 0 Å². The van der Waals surface area contributed by atoms with Crippen LogP contribution < -0.4 is 10.2 Å². The van der Waals surface area contributed by atoms with E-state index in [2.05, 4.69) is 15.5 Å². The van der Waals surface area contributed by atoms with Gasteiger partial charge in [-0.3, -0.25) is 4.79 Å². The lowest BCUT2D eigenvalue weighted by atomic mass is 9.97. The molecule has 2 amide bonds. The molecule has 0 bridgehead atoms. The molecule has 0 spiro atoms. The van der Waals surface area contributed by atoms with Gasteiger partial charge in [-0.05, 0) is 50.6 Å². The molecule has 1 N–H and O–H groups in total. The summed E-state index contributed by atoms with van der Waals surface area (Å²) in [4.78, 5) is 27.2. The highest BCUT2D eigenvalue weighted by Gasteiger charge is 2.41. The molecule has 3 aromatic rings. The van der Waals surface area contributed by atoms with Crippen molar-refractivity contribution in [1.82, 2.24) is 15.5 Å². The Morgan fingerprint density at radius 2 is 1.90 bits per heavy atom. The number of alkyl carbamates (subject to hydrolysis) is 1. The summed E-state index contributed by atoms with van der Waals surface area (Å²) in [6, 6.07) is 6.75.